The van der Waals surface area contributed by atoms with Crippen LogP contribution in [0.4, 0.5) is 10.5 Å². The standard InChI is InChI=1S/C14H16N2O4/c1-4-5-9(2)15-14(19)16-12-7-6-10(20-3)8-11(12)13(17)18/h1,6-9H,5H2,2-3H3,(H,17,18)(H2,15,16,19). The highest BCUT2D eigenvalue weighted by Gasteiger charge is 2.14. The van der Waals surface area contributed by atoms with Gasteiger partial charge in [0, 0.05) is 12.5 Å². The predicted octanol–water partition coefficient (Wildman–Crippen LogP) is 1.93. The lowest BCUT2D eigenvalue weighted by Crippen LogP contribution is -2.36. The molecule has 0 spiro atoms. The molecule has 0 aromatic heterocycles. The van der Waals surface area contributed by atoms with Gasteiger partial charge < -0.3 is 20.5 Å². The lowest BCUT2D eigenvalue weighted by molar-refractivity contribution is 0.0697. The van der Waals surface area contributed by atoms with Crippen molar-refractivity contribution >= 4 is 17.7 Å². The van der Waals surface area contributed by atoms with Gasteiger partial charge in [0.05, 0.1) is 18.4 Å². The number of urea groups is 1. The van der Waals surface area contributed by atoms with E-state index in [1.54, 1.807) is 13.0 Å². The van der Waals surface area contributed by atoms with Gasteiger partial charge in [-0.2, -0.15) is 0 Å². The normalized spacial score (nSPS) is 11.1. The second-order valence-electron chi connectivity index (χ2n) is 4.12. The lowest BCUT2D eigenvalue weighted by Gasteiger charge is -2.14. The van der Waals surface area contributed by atoms with Crippen molar-refractivity contribution in [3.63, 3.8) is 0 Å². The Morgan fingerprint density at radius 2 is 2.20 bits per heavy atom. The molecule has 106 valence electrons. The van der Waals surface area contributed by atoms with Crippen LogP contribution in [0.25, 0.3) is 0 Å². The average Bonchev–Trinajstić information content (AvgIpc) is 2.38. The molecule has 0 bridgehead atoms. The molecule has 0 saturated heterocycles. The second-order valence-corrected chi connectivity index (χ2v) is 4.12. The molecular formula is C14H16N2O4. The molecule has 1 atom stereocenters. The number of benzene rings is 1. The molecule has 0 radical (unpaired) electrons. The highest BCUT2D eigenvalue weighted by molar-refractivity contribution is 6.00. The molecule has 0 fully saturated rings. The number of anilines is 1. The van der Waals surface area contributed by atoms with Gasteiger partial charge in [0.2, 0.25) is 0 Å². The van der Waals surface area contributed by atoms with Crippen LogP contribution in [0.1, 0.15) is 23.7 Å². The van der Waals surface area contributed by atoms with Crippen LogP contribution in [-0.2, 0) is 0 Å². The summed E-state index contributed by atoms with van der Waals surface area (Å²) in [6, 6.07) is 3.65. The Balaban J connectivity index is 2.84. The fourth-order valence-electron chi connectivity index (χ4n) is 1.55. The maximum Gasteiger partial charge on any atom is 0.337 e. The Kier molecular flexibility index (Phi) is 5.42. The van der Waals surface area contributed by atoms with Gasteiger partial charge in [-0.05, 0) is 25.1 Å². The quantitative estimate of drug-likeness (QED) is 0.717. The minimum Gasteiger partial charge on any atom is -0.497 e. The monoisotopic (exact) mass is 276 g/mol. The van der Waals surface area contributed by atoms with E-state index in [4.69, 9.17) is 16.3 Å². The minimum atomic E-state index is -1.16. The molecule has 3 N–H and O–H groups in total. The number of carbonyl (C=O) groups excluding carboxylic acids is 1. The number of carbonyl (C=O) groups is 2. The van der Waals surface area contributed by atoms with Crippen molar-refractivity contribution < 1.29 is 19.4 Å². The SMILES string of the molecule is C#CCC(C)NC(=O)Nc1ccc(OC)cc1C(=O)O. The fourth-order valence-corrected chi connectivity index (χ4v) is 1.55. The Morgan fingerprint density at radius 3 is 2.75 bits per heavy atom. The Labute approximate surface area is 117 Å². The van der Waals surface area contributed by atoms with E-state index in [2.05, 4.69) is 16.6 Å². The Morgan fingerprint density at radius 1 is 1.50 bits per heavy atom. The maximum absolute atomic E-state index is 11.7. The maximum atomic E-state index is 11.7. The zero-order valence-electron chi connectivity index (χ0n) is 11.3. The number of ether oxygens (including phenoxy) is 1. The molecule has 2 amide bonds. The van der Waals surface area contributed by atoms with Gasteiger partial charge >= 0.3 is 12.0 Å². The summed E-state index contributed by atoms with van der Waals surface area (Å²) >= 11 is 0. The van der Waals surface area contributed by atoms with Gasteiger partial charge in [-0.1, -0.05) is 0 Å². The highest BCUT2D eigenvalue weighted by Crippen LogP contribution is 2.22. The van der Waals surface area contributed by atoms with Crippen molar-refractivity contribution in [1.82, 2.24) is 5.32 Å². The number of rotatable bonds is 5. The van der Waals surface area contributed by atoms with Gasteiger partial charge in [-0.15, -0.1) is 12.3 Å². The van der Waals surface area contributed by atoms with E-state index in [1.165, 1.54) is 19.2 Å². The van der Waals surface area contributed by atoms with E-state index in [0.29, 0.717) is 12.2 Å². The third kappa shape index (κ3) is 4.21. The van der Waals surface area contributed by atoms with E-state index >= 15 is 0 Å². The predicted molar refractivity (Wildman–Crippen MR) is 75.0 cm³/mol. The van der Waals surface area contributed by atoms with Crippen LogP contribution >= 0.6 is 0 Å². The van der Waals surface area contributed by atoms with Crippen LogP contribution < -0.4 is 15.4 Å². The van der Waals surface area contributed by atoms with E-state index < -0.39 is 12.0 Å². The van der Waals surface area contributed by atoms with Crippen LogP contribution in [0.15, 0.2) is 18.2 Å². The number of amides is 2. The first kappa shape index (κ1) is 15.4. The van der Waals surface area contributed by atoms with Gasteiger partial charge in [0.25, 0.3) is 0 Å². The summed E-state index contributed by atoms with van der Waals surface area (Å²) in [7, 11) is 1.43. The smallest absolute Gasteiger partial charge is 0.337 e. The number of hydrogen-bond donors (Lipinski definition) is 3. The molecule has 20 heavy (non-hydrogen) atoms. The number of nitrogens with one attached hydrogen (secondary N) is 2. The molecule has 0 aliphatic rings. The number of methoxy groups -OCH3 is 1. The van der Waals surface area contributed by atoms with Crippen molar-refractivity contribution in [2.75, 3.05) is 12.4 Å². The van der Waals surface area contributed by atoms with Crippen molar-refractivity contribution in [1.29, 1.82) is 0 Å². The first-order chi connectivity index (χ1) is 9.47. The minimum absolute atomic E-state index is 0.0518. The van der Waals surface area contributed by atoms with E-state index in [1.807, 2.05) is 0 Å². The zero-order valence-corrected chi connectivity index (χ0v) is 11.3. The zero-order chi connectivity index (χ0) is 15.1. The Bertz CT molecular complexity index is 549. The molecule has 0 saturated carbocycles. The van der Waals surface area contributed by atoms with Crippen LogP contribution in [0.3, 0.4) is 0 Å². The molecule has 0 aliphatic carbocycles. The summed E-state index contributed by atoms with van der Waals surface area (Å²) in [5.74, 6) is 1.67. The van der Waals surface area contributed by atoms with Crippen molar-refractivity contribution in [2.24, 2.45) is 0 Å². The first-order valence-corrected chi connectivity index (χ1v) is 5.90. The van der Waals surface area contributed by atoms with Gasteiger partial charge in [0.15, 0.2) is 0 Å². The molecular weight excluding hydrogens is 260 g/mol. The molecule has 0 heterocycles. The summed E-state index contributed by atoms with van der Waals surface area (Å²) in [6.07, 6.45) is 5.53. The molecule has 1 rings (SSSR count). The highest BCUT2D eigenvalue weighted by atomic mass is 16.5. The Hall–Kier alpha value is -2.68. The summed E-state index contributed by atoms with van der Waals surface area (Å²) in [4.78, 5) is 22.9. The van der Waals surface area contributed by atoms with Crippen LogP contribution in [-0.4, -0.2) is 30.3 Å². The van der Waals surface area contributed by atoms with E-state index in [0.717, 1.165) is 0 Å². The molecule has 1 aromatic rings. The number of aromatic carboxylic acids is 1. The fraction of sp³-hybridized carbons (Fsp3) is 0.286. The number of carboxylic acid groups (broad SMARTS) is 1. The van der Waals surface area contributed by atoms with Crippen molar-refractivity contribution in [3.05, 3.63) is 23.8 Å². The molecule has 1 unspecified atom stereocenters. The number of carboxylic acids is 1. The summed E-state index contributed by atoms with van der Waals surface area (Å²) < 4.78 is 4.95. The summed E-state index contributed by atoms with van der Waals surface area (Å²) in [5.41, 5.74) is 0.132. The summed E-state index contributed by atoms with van der Waals surface area (Å²) in [5, 5.41) is 14.2. The number of terminal acetylenes is 1. The third-order valence-corrected chi connectivity index (χ3v) is 2.51. The molecule has 0 aliphatic heterocycles. The third-order valence-electron chi connectivity index (χ3n) is 2.51. The van der Waals surface area contributed by atoms with E-state index in [9.17, 15) is 9.59 Å². The van der Waals surface area contributed by atoms with Crippen molar-refractivity contribution in [3.8, 4) is 18.1 Å². The average molecular weight is 276 g/mol. The van der Waals surface area contributed by atoms with Gasteiger partial charge in [-0.3, -0.25) is 0 Å². The summed E-state index contributed by atoms with van der Waals surface area (Å²) in [6.45, 7) is 1.76. The topological polar surface area (TPSA) is 87.7 Å². The molecule has 6 heteroatoms. The van der Waals surface area contributed by atoms with Crippen LogP contribution in [0, 0.1) is 12.3 Å². The van der Waals surface area contributed by atoms with E-state index in [-0.39, 0.29) is 17.3 Å². The first-order valence-electron chi connectivity index (χ1n) is 5.90. The largest absolute Gasteiger partial charge is 0.497 e. The second kappa shape index (κ2) is 7.04. The van der Waals surface area contributed by atoms with Crippen LogP contribution in [0.2, 0.25) is 0 Å². The molecule has 6 nitrogen and oxygen atoms in total. The van der Waals surface area contributed by atoms with Gasteiger partial charge in [0.1, 0.15) is 5.75 Å². The lowest BCUT2D eigenvalue weighted by atomic mass is 10.1. The molecule has 1 aromatic carbocycles. The van der Waals surface area contributed by atoms with Gasteiger partial charge in [-0.25, -0.2) is 9.59 Å². The van der Waals surface area contributed by atoms with Crippen LogP contribution in [0.5, 0.6) is 5.75 Å². The van der Waals surface area contributed by atoms with Crippen molar-refractivity contribution in [2.45, 2.75) is 19.4 Å². The number of hydrogen-bond acceptors (Lipinski definition) is 3.